The molecule has 1 atom stereocenters. The van der Waals surface area contributed by atoms with Crippen molar-refractivity contribution >= 4 is 5.91 Å². The smallest absolute Gasteiger partial charge is 0.387 e. The molecule has 1 fully saturated rings. The third kappa shape index (κ3) is 5.76. The molecule has 1 saturated heterocycles. The predicted octanol–water partition coefficient (Wildman–Crippen LogP) is 2.81. The number of amides is 1. The fourth-order valence-electron chi connectivity index (χ4n) is 3.63. The van der Waals surface area contributed by atoms with E-state index in [-0.39, 0.29) is 17.7 Å². The van der Waals surface area contributed by atoms with Gasteiger partial charge < -0.3 is 15.0 Å². The van der Waals surface area contributed by atoms with Crippen LogP contribution in [0.25, 0.3) is 0 Å². The molecule has 28 heavy (non-hydrogen) atoms. The van der Waals surface area contributed by atoms with Gasteiger partial charge in [0.25, 0.3) is 5.91 Å². The van der Waals surface area contributed by atoms with Crippen LogP contribution in [0.1, 0.15) is 36.9 Å². The van der Waals surface area contributed by atoms with Gasteiger partial charge in [-0.15, -0.1) is 0 Å². The van der Waals surface area contributed by atoms with E-state index in [1.54, 1.807) is 12.1 Å². The minimum absolute atomic E-state index is 0.00804. The zero-order valence-electron chi connectivity index (χ0n) is 16.0. The highest BCUT2D eigenvalue weighted by Gasteiger charge is 2.24. The SMILES string of the molecule is CC1CC[NH+](CC(=O)N[C@H](c2ccccc2)c2ccc(OC(F)F)cc2)CC1. The highest BCUT2D eigenvalue weighted by Crippen LogP contribution is 2.24. The Bertz CT molecular complexity index is 745. The van der Waals surface area contributed by atoms with E-state index in [9.17, 15) is 13.6 Å². The van der Waals surface area contributed by atoms with Crippen molar-refractivity contribution in [2.24, 2.45) is 5.92 Å². The average molecular weight is 389 g/mol. The van der Waals surface area contributed by atoms with Gasteiger partial charge in [-0.05, 0) is 42.0 Å². The lowest BCUT2D eigenvalue weighted by Gasteiger charge is -2.28. The van der Waals surface area contributed by atoms with Crippen LogP contribution in [0, 0.1) is 5.92 Å². The van der Waals surface area contributed by atoms with Gasteiger partial charge in [-0.2, -0.15) is 8.78 Å². The van der Waals surface area contributed by atoms with E-state index in [1.807, 2.05) is 30.3 Å². The lowest BCUT2D eigenvalue weighted by atomic mass is 9.98. The summed E-state index contributed by atoms with van der Waals surface area (Å²) in [5.41, 5.74) is 1.77. The molecule has 2 aromatic carbocycles. The number of hydrogen-bond donors (Lipinski definition) is 2. The van der Waals surface area contributed by atoms with Crippen molar-refractivity contribution in [1.29, 1.82) is 0 Å². The molecule has 150 valence electrons. The molecule has 0 saturated carbocycles. The van der Waals surface area contributed by atoms with Gasteiger partial charge in [-0.3, -0.25) is 4.79 Å². The fourth-order valence-corrected chi connectivity index (χ4v) is 3.63. The lowest BCUT2D eigenvalue weighted by Crippen LogP contribution is -3.14. The van der Waals surface area contributed by atoms with Crippen molar-refractivity contribution in [2.45, 2.75) is 32.4 Å². The second-order valence-electron chi connectivity index (χ2n) is 7.47. The third-order valence-electron chi connectivity index (χ3n) is 5.27. The summed E-state index contributed by atoms with van der Waals surface area (Å²) >= 11 is 0. The standard InChI is InChI=1S/C22H26F2N2O2/c1-16-11-13-26(14-12-16)15-20(27)25-21(17-5-3-2-4-6-17)18-7-9-19(10-8-18)28-22(23)24/h2-10,16,21-22H,11-15H2,1H3,(H,25,27)/p+1/t21-/m1/s1. The Morgan fingerprint density at radius 3 is 2.29 bits per heavy atom. The first kappa shape index (κ1) is 20.3. The number of rotatable bonds is 7. The van der Waals surface area contributed by atoms with E-state index < -0.39 is 6.61 Å². The van der Waals surface area contributed by atoms with Crippen molar-refractivity contribution in [3.8, 4) is 5.75 Å². The number of likely N-dealkylation sites (tertiary alicyclic amines) is 1. The van der Waals surface area contributed by atoms with Crippen LogP contribution < -0.4 is 15.0 Å². The summed E-state index contributed by atoms with van der Waals surface area (Å²) in [4.78, 5) is 14.0. The third-order valence-corrected chi connectivity index (χ3v) is 5.27. The zero-order chi connectivity index (χ0) is 19.9. The molecule has 4 nitrogen and oxygen atoms in total. The van der Waals surface area contributed by atoms with Crippen molar-refractivity contribution in [3.63, 3.8) is 0 Å². The normalized spacial score (nSPS) is 20.6. The van der Waals surface area contributed by atoms with Crippen LogP contribution in [0.5, 0.6) is 5.75 Å². The molecule has 1 aliphatic rings. The van der Waals surface area contributed by atoms with Crippen molar-refractivity contribution < 1.29 is 23.2 Å². The Hall–Kier alpha value is -2.47. The summed E-state index contributed by atoms with van der Waals surface area (Å²) in [6.07, 6.45) is 2.30. The van der Waals surface area contributed by atoms with Crippen LogP contribution in [0.2, 0.25) is 0 Å². The molecule has 0 unspecified atom stereocenters. The molecule has 0 aliphatic carbocycles. The Morgan fingerprint density at radius 2 is 1.68 bits per heavy atom. The first-order chi connectivity index (χ1) is 13.5. The molecule has 3 rings (SSSR count). The Kier molecular flexibility index (Phi) is 6.98. The van der Waals surface area contributed by atoms with Gasteiger partial charge in [-0.25, -0.2) is 0 Å². The molecule has 1 heterocycles. The van der Waals surface area contributed by atoms with Crippen molar-refractivity contribution in [2.75, 3.05) is 19.6 Å². The number of carbonyl (C=O) groups is 1. The van der Waals surface area contributed by atoms with Crippen LogP contribution in [0.3, 0.4) is 0 Å². The van der Waals surface area contributed by atoms with Gasteiger partial charge in [-0.1, -0.05) is 49.4 Å². The first-order valence-electron chi connectivity index (χ1n) is 9.74. The van der Waals surface area contributed by atoms with E-state index in [1.165, 1.54) is 17.0 Å². The highest BCUT2D eigenvalue weighted by molar-refractivity contribution is 5.78. The van der Waals surface area contributed by atoms with Crippen molar-refractivity contribution in [1.82, 2.24) is 5.32 Å². The fraction of sp³-hybridized carbons (Fsp3) is 0.409. The van der Waals surface area contributed by atoms with Gasteiger partial charge in [0.2, 0.25) is 0 Å². The number of quaternary nitrogens is 1. The molecule has 1 amide bonds. The quantitative estimate of drug-likeness (QED) is 0.765. The Morgan fingerprint density at radius 1 is 1.07 bits per heavy atom. The van der Waals surface area contributed by atoms with Crippen LogP contribution in [-0.4, -0.2) is 32.2 Å². The summed E-state index contributed by atoms with van der Waals surface area (Å²) in [5, 5.41) is 3.12. The molecule has 2 N–H and O–H groups in total. The molecule has 1 aliphatic heterocycles. The van der Waals surface area contributed by atoms with Gasteiger partial charge in [0, 0.05) is 0 Å². The van der Waals surface area contributed by atoms with E-state index >= 15 is 0 Å². The maximum absolute atomic E-state index is 12.7. The minimum atomic E-state index is -2.86. The number of carbonyl (C=O) groups excluding carboxylic acids is 1. The monoisotopic (exact) mass is 389 g/mol. The van der Waals surface area contributed by atoms with Crippen LogP contribution in [0.4, 0.5) is 8.78 Å². The molecular formula is C22H27F2N2O2+. The van der Waals surface area contributed by atoms with E-state index in [4.69, 9.17) is 0 Å². The van der Waals surface area contributed by atoms with Gasteiger partial charge in [0.15, 0.2) is 6.54 Å². The highest BCUT2D eigenvalue weighted by atomic mass is 19.3. The summed E-state index contributed by atoms with van der Waals surface area (Å²) in [6, 6.07) is 15.7. The second-order valence-corrected chi connectivity index (χ2v) is 7.47. The largest absolute Gasteiger partial charge is 0.435 e. The summed E-state index contributed by atoms with van der Waals surface area (Å²) in [5.74, 6) is 0.827. The topological polar surface area (TPSA) is 42.8 Å². The molecule has 0 bridgehead atoms. The average Bonchev–Trinajstić information content (AvgIpc) is 2.69. The number of halogens is 2. The maximum Gasteiger partial charge on any atom is 0.387 e. The second kappa shape index (κ2) is 9.64. The lowest BCUT2D eigenvalue weighted by molar-refractivity contribution is -0.898. The van der Waals surface area contributed by atoms with Crippen LogP contribution >= 0.6 is 0 Å². The van der Waals surface area contributed by atoms with Crippen LogP contribution in [0.15, 0.2) is 54.6 Å². The van der Waals surface area contributed by atoms with Crippen molar-refractivity contribution in [3.05, 3.63) is 65.7 Å². The number of nitrogens with one attached hydrogen (secondary N) is 2. The number of benzene rings is 2. The number of hydrogen-bond acceptors (Lipinski definition) is 2. The zero-order valence-corrected chi connectivity index (χ0v) is 16.0. The molecular weight excluding hydrogens is 362 g/mol. The van der Waals surface area contributed by atoms with Gasteiger partial charge >= 0.3 is 6.61 Å². The summed E-state index contributed by atoms with van der Waals surface area (Å²) in [7, 11) is 0. The summed E-state index contributed by atoms with van der Waals surface area (Å²) in [6.45, 7) is 1.88. The van der Waals surface area contributed by atoms with Crippen LogP contribution in [-0.2, 0) is 4.79 Å². The van der Waals surface area contributed by atoms with Gasteiger partial charge in [0.1, 0.15) is 5.75 Å². The van der Waals surface area contributed by atoms with E-state index in [0.29, 0.717) is 6.54 Å². The predicted molar refractivity (Wildman–Crippen MR) is 103 cm³/mol. The number of ether oxygens (including phenoxy) is 1. The number of piperidine rings is 1. The first-order valence-corrected chi connectivity index (χ1v) is 9.74. The molecule has 0 radical (unpaired) electrons. The van der Waals surface area contributed by atoms with E-state index in [0.717, 1.165) is 43.0 Å². The summed E-state index contributed by atoms with van der Waals surface area (Å²) < 4.78 is 29.2. The molecule has 6 heteroatoms. The number of alkyl halides is 2. The van der Waals surface area contributed by atoms with E-state index in [2.05, 4.69) is 17.0 Å². The Balaban J connectivity index is 1.71. The Labute approximate surface area is 164 Å². The maximum atomic E-state index is 12.7. The van der Waals surface area contributed by atoms with Gasteiger partial charge in [0.05, 0.1) is 19.1 Å². The minimum Gasteiger partial charge on any atom is -0.435 e. The molecule has 0 spiro atoms. The molecule has 2 aromatic rings. The molecule has 0 aromatic heterocycles.